The van der Waals surface area contributed by atoms with E-state index in [1.807, 2.05) is 0 Å². The molecule has 4 unspecified atom stereocenters. The van der Waals surface area contributed by atoms with Gasteiger partial charge in [-0.3, -0.25) is 4.79 Å². The SMILES string of the molecule is CCCCCCCCCCC(O)C(=O)NC(CO)C(O)C(O)CCCCCCCCC. The summed E-state index contributed by atoms with van der Waals surface area (Å²) in [6.07, 6.45) is 14.3. The molecule has 0 aromatic rings. The summed E-state index contributed by atoms with van der Waals surface area (Å²) in [7, 11) is 0. The zero-order valence-electron chi connectivity index (χ0n) is 20.2. The Hall–Kier alpha value is -0.690. The molecule has 0 fully saturated rings. The van der Waals surface area contributed by atoms with Crippen LogP contribution in [0.25, 0.3) is 0 Å². The van der Waals surface area contributed by atoms with Crippen LogP contribution in [-0.4, -0.2) is 57.3 Å². The van der Waals surface area contributed by atoms with Gasteiger partial charge in [-0.1, -0.05) is 110 Å². The maximum Gasteiger partial charge on any atom is 0.249 e. The van der Waals surface area contributed by atoms with E-state index in [9.17, 15) is 25.2 Å². The number of aliphatic hydroxyl groups excluding tert-OH is 4. The van der Waals surface area contributed by atoms with Crippen LogP contribution in [0.15, 0.2) is 0 Å². The van der Waals surface area contributed by atoms with Gasteiger partial charge in [-0.25, -0.2) is 0 Å². The van der Waals surface area contributed by atoms with Crippen LogP contribution in [0.4, 0.5) is 0 Å². The number of nitrogens with one attached hydrogen (secondary N) is 1. The van der Waals surface area contributed by atoms with Gasteiger partial charge in [-0.05, 0) is 12.8 Å². The lowest BCUT2D eigenvalue weighted by atomic mass is 9.99. The molecule has 5 N–H and O–H groups in total. The van der Waals surface area contributed by atoms with Crippen molar-refractivity contribution in [3.8, 4) is 0 Å². The van der Waals surface area contributed by atoms with Gasteiger partial charge in [0, 0.05) is 0 Å². The van der Waals surface area contributed by atoms with Crippen molar-refractivity contribution in [2.75, 3.05) is 6.61 Å². The molecule has 0 heterocycles. The first-order valence-corrected chi connectivity index (χ1v) is 12.9. The summed E-state index contributed by atoms with van der Waals surface area (Å²) in [4.78, 5) is 12.2. The van der Waals surface area contributed by atoms with Crippen molar-refractivity contribution in [1.29, 1.82) is 0 Å². The van der Waals surface area contributed by atoms with Crippen LogP contribution >= 0.6 is 0 Å². The molecule has 186 valence electrons. The molecule has 6 heteroatoms. The fraction of sp³-hybridized carbons (Fsp3) is 0.960. The summed E-state index contributed by atoms with van der Waals surface area (Å²) in [6, 6.07) is -0.972. The highest BCUT2D eigenvalue weighted by Crippen LogP contribution is 2.14. The molecule has 0 spiro atoms. The Kier molecular flexibility index (Phi) is 20.7. The van der Waals surface area contributed by atoms with E-state index in [4.69, 9.17) is 0 Å². The third-order valence-electron chi connectivity index (χ3n) is 6.07. The first-order valence-electron chi connectivity index (χ1n) is 12.9. The van der Waals surface area contributed by atoms with E-state index < -0.39 is 36.9 Å². The lowest BCUT2D eigenvalue weighted by Gasteiger charge is -2.27. The standard InChI is InChI=1S/C25H51NO5/c1-3-5-7-9-11-13-15-17-19-23(29)25(31)26-21(20-27)24(30)22(28)18-16-14-12-10-8-6-4-2/h21-24,27-30H,3-20H2,1-2H3,(H,26,31). The highest BCUT2D eigenvalue weighted by atomic mass is 16.3. The van der Waals surface area contributed by atoms with Crippen molar-refractivity contribution < 1.29 is 25.2 Å². The second-order valence-corrected chi connectivity index (χ2v) is 9.04. The molecule has 0 saturated heterocycles. The van der Waals surface area contributed by atoms with E-state index in [1.54, 1.807) is 0 Å². The topological polar surface area (TPSA) is 110 Å². The molecule has 0 aliphatic carbocycles. The maximum atomic E-state index is 12.2. The Morgan fingerprint density at radius 1 is 0.677 bits per heavy atom. The van der Waals surface area contributed by atoms with Gasteiger partial charge < -0.3 is 25.7 Å². The van der Waals surface area contributed by atoms with Gasteiger partial charge in [0.25, 0.3) is 0 Å². The molecule has 0 aromatic carbocycles. The molecule has 4 atom stereocenters. The number of aliphatic hydroxyl groups is 4. The molecule has 1 amide bonds. The van der Waals surface area contributed by atoms with Gasteiger partial charge in [-0.15, -0.1) is 0 Å². The van der Waals surface area contributed by atoms with Crippen LogP contribution in [0.5, 0.6) is 0 Å². The van der Waals surface area contributed by atoms with E-state index in [2.05, 4.69) is 19.2 Å². The third kappa shape index (κ3) is 16.6. The Bertz CT molecular complexity index is 407. The van der Waals surface area contributed by atoms with Gasteiger partial charge in [0.05, 0.1) is 18.8 Å². The highest BCUT2D eigenvalue weighted by Gasteiger charge is 2.28. The number of amides is 1. The van der Waals surface area contributed by atoms with Gasteiger partial charge in [-0.2, -0.15) is 0 Å². The molecule has 31 heavy (non-hydrogen) atoms. The van der Waals surface area contributed by atoms with Gasteiger partial charge in [0.1, 0.15) is 12.2 Å². The Morgan fingerprint density at radius 2 is 1.10 bits per heavy atom. The van der Waals surface area contributed by atoms with E-state index in [0.717, 1.165) is 38.5 Å². The molecule has 0 aliphatic heterocycles. The molecule has 0 radical (unpaired) electrons. The quantitative estimate of drug-likeness (QED) is 0.160. The average molecular weight is 446 g/mol. The van der Waals surface area contributed by atoms with Crippen LogP contribution in [-0.2, 0) is 4.79 Å². The second kappa shape index (κ2) is 21.2. The zero-order chi connectivity index (χ0) is 23.3. The largest absolute Gasteiger partial charge is 0.394 e. The number of rotatable bonds is 22. The monoisotopic (exact) mass is 445 g/mol. The van der Waals surface area contributed by atoms with E-state index in [0.29, 0.717) is 12.8 Å². The summed E-state index contributed by atoms with van der Waals surface area (Å²) in [5.74, 6) is -0.593. The van der Waals surface area contributed by atoms with Crippen molar-refractivity contribution >= 4 is 5.91 Å². The fourth-order valence-corrected chi connectivity index (χ4v) is 3.87. The van der Waals surface area contributed by atoms with Crippen molar-refractivity contribution in [1.82, 2.24) is 5.32 Å². The first kappa shape index (κ1) is 30.3. The normalized spacial score (nSPS) is 15.4. The molecule has 0 aliphatic rings. The van der Waals surface area contributed by atoms with Gasteiger partial charge >= 0.3 is 0 Å². The summed E-state index contributed by atoms with van der Waals surface area (Å²) < 4.78 is 0. The number of carbonyl (C=O) groups is 1. The minimum Gasteiger partial charge on any atom is -0.394 e. The van der Waals surface area contributed by atoms with Gasteiger partial charge in [0.15, 0.2) is 0 Å². The first-order chi connectivity index (χ1) is 15.0. The third-order valence-corrected chi connectivity index (χ3v) is 6.07. The number of hydrogen-bond acceptors (Lipinski definition) is 5. The van der Waals surface area contributed by atoms with Crippen molar-refractivity contribution in [2.45, 2.75) is 147 Å². The van der Waals surface area contributed by atoms with Crippen molar-refractivity contribution in [3.05, 3.63) is 0 Å². The fourth-order valence-electron chi connectivity index (χ4n) is 3.87. The van der Waals surface area contributed by atoms with Crippen LogP contribution < -0.4 is 5.32 Å². The molecular weight excluding hydrogens is 394 g/mol. The minimum absolute atomic E-state index is 0.371. The van der Waals surface area contributed by atoms with E-state index in [1.165, 1.54) is 57.8 Å². The molecule has 6 nitrogen and oxygen atoms in total. The highest BCUT2D eigenvalue weighted by molar-refractivity contribution is 5.80. The Balaban J connectivity index is 4.02. The second-order valence-electron chi connectivity index (χ2n) is 9.04. The summed E-state index contributed by atoms with van der Waals surface area (Å²) in [5.41, 5.74) is 0. The predicted octanol–water partition coefficient (Wildman–Crippen LogP) is 4.22. The van der Waals surface area contributed by atoms with Crippen molar-refractivity contribution in [2.24, 2.45) is 0 Å². The van der Waals surface area contributed by atoms with Crippen LogP contribution in [0.1, 0.15) is 123 Å². The Labute approximate surface area is 190 Å². The summed E-state index contributed by atoms with van der Waals surface area (Å²) in [6.45, 7) is 3.90. The molecule has 0 aromatic heterocycles. The van der Waals surface area contributed by atoms with E-state index >= 15 is 0 Å². The maximum absolute atomic E-state index is 12.2. The number of carbonyl (C=O) groups excluding carboxylic acids is 1. The van der Waals surface area contributed by atoms with Gasteiger partial charge in [0.2, 0.25) is 5.91 Å². The average Bonchev–Trinajstić information content (AvgIpc) is 2.77. The van der Waals surface area contributed by atoms with Crippen molar-refractivity contribution in [3.63, 3.8) is 0 Å². The van der Waals surface area contributed by atoms with E-state index in [-0.39, 0.29) is 0 Å². The van der Waals surface area contributed by atoms with Crippen LogP contribution in [0.3, 0.4) is 0 Å². The number of hydrogen-bond donors (Lipinski definition) is 5. The molecule has 0 saturated carbocycles. The number of unbranched alkanes of at least 4 members (excludes halogenated alkanes) is 13. The van der Waals surface area contributed by atoms with Crippen LogP contribution in [0.2, 0.25) is 0 Å². The smallest absolute Gasteiger partial charge is 0.249 e. The molecule has 0 bridgehead atoms. The minimum atomic E-state index is -1.25. The summed E-state index contributed by atoms with van der Waals surface area (Å²) >= 11 is 0. The molecule has 0 rings (SSSR count). The predicted molar refractivity (Wildman–Crippen MR) is 127 cm³/mol. The zero-order valence-corrected chi connectivity index (χ0v) is 20.2. The van der Waals surface area contributed by atoms with Crippen LogP contribution in [0, 0.1) is 0 Å². The molecular formula is C25H51NO5. The lowest BCUT2D eigenvalue weighted by Crippen LogP contribution is -2.53. The lowest BCUT2D eigenvalue weighted by molar-refractivity contribution is -0.132. The summed E-state index contributed by atoms with van der Waals surface area (Å²) in [5, 5.41) is 42.6. The Morgan fingerprint density at radius 3 is 1.55 bits per heavy atom.